The number of carbonyl (C=O) groups excluding carboxylic acids is 1. The van der Waals surface area contributed by atoms with Crippen molar-refractivity contribution in [1.82, 2.24) is 5.32 Å². The van der Waals surface area contributed by atoms with Crippen molar-refractivity contribution < 1.29 is 14.3 Å². The second kappa shape index (κ2) is 7.92. The molecule has 1 rings (SSSR count). The molecule has 0 aliphatic rings. The summed E-state index contributed by atoms with van der Waals surface area (Å²) in [6.07, 6.45) is 0.324. The summed E-state index contributed by atoms with van der Waals surface area (Å²) in [4.78, 5) is 12.3. The minimum Gasteiger partial charge on any atom is -0.354 e. The van der Waals surface area contributed by atoms with Crippen molar-refractivity contribution in [2.75, 3.05) is 14.2 Å². The molecule has 19 heavy (non-hydrogen) atoms. The summed E-state index contributed by atoms with van der Waals surface area (Å²) in [7, 11) is 3.12. The van der Waals surface area contributed by atoms with E-state index in [4.69, 9.17) is 9.47 Å². The molecule has 0 bridgehead atoms. The van der Waals surface area contributed by atoms with E-state index in [-0.39, 0.29) is 17.9 Å². The van der Waals surface area contributed by atoms with E-state index in [2.05, 4.69) is 5.32 Å². The fraction of sp³-hybridized carbons (Fsp3) is 0.533. The van der Waals surface area contributed by atoms with Crippen molar-refractivity contribution in [1.29, 1.82) is 0 Å². The second-order valence-corrected chi connectivity index (χ2v) is 4.51. The third-order valence-electron chi connectivity index (χ3n) is 3.17. The fourth-order valence-corrected chi connectivity index (χ4v) is 2.16. The van der Waals surface area contributed by atoms with Gasteiger partial charge in [-0.2, -0.15) is 0 Å². The highest BCUT2D eigenvalue weighted by Gasteiger charge is 2.23. The van der Waals surface area contributed by atoms with Crippen LogP contribution in [-0.4, -0.2) is 32.5 Å². The molecule has 0 saturated heterocycles. The van der Waals surface area contributed by atoms with Crippen molar-refractivity contribution in [2.45, 2.75) is 38.5 Å². The minimum absolute atomic E-state index is 0.000278. The van der Waals surface area contributed by atoms with E-state index in [1.54, 1.807) is 14.2 Å². The number of methoxy groups -OCH3 is 2. The average Bonchev–Trinajstić information content (AvgIpc) is 2.42. The molecular formula is C15H23NO3. The number of rotatable bonds is 7. The number of hydrogen-bond acceptors (Lipinski definition) is 3. The molecule has 2 unspecified atom stereocenters. The molecule has 1 amide bonds. The Kier molecular flexibility index (Phi) is 6.53. The third kappa shape index (κ3) is 4.33. The lowest BCUT2D eigenvalue weighted by atomic mass is 9.95. The zero-order valence-electron chi connectivity index (χ0n) is 12.1. The molecule has 4 heteroatoms. The van der Waals surface area contributed by atoms with Gasteiger partial charge in [-0.25, -0.2) is 0 Å². The van der Waals surface area contributed by atoms with Crippen molar-refractivity contribution in [3.63, 3.8) is 0 Å². The summed E-state index contributed by atoms with van der Waals surface area (Å²) in [6.45, 7) is 3.87. The van der Waals surface area contributed by atoms with E-state index in [9.17, 15) is 4.79 Å². The van der Waals surface area contributed by atoms with Crippen LogP contribution in [0.15, 0.2) is 30.3 Å². The van der Waals surface area contributed by atoms with Gasteiger partial charge in [0.2, 0.25) is 5.91 Å². The lowest BCUT2D eigenvalue weighted by molar-refractivity contribution is -0.136. The van der Waals surface area contributed by atoms with Gasteiger partial charge in [0.1, 0.15) is 0 Å². The monoisotopic (exact) mass is 265 g/mol. The Morgan fingerprint density at radius 3 is 2.26 bits per heavy atom. The number of ether oxygens (including phenoxy) is 2. The van der Waals surface area contributed by atoms with Gasteiger partial charge >= 0.3 is 0 Å². The van der Waals surface area contributed by atoms with Gasteiger partial charge < -0.3 is 14.8 Å². The molecular weight excluding hydrogens is 242 g/mol. The SMILES string of the molecule is CCC(C(=O)NC(C)C(OC)OC)c1ccccc1. The maximum absolute atomic E-state index is 12.3. The highest BCUT2D eigenvalue weighted by Crippen LogP contribution is 2.19. The topological polar surface area (TPSA) is 47.6 Å². The minimum atomic E-state index is -0.433. The van der Waals surface area contributed by atoms with Crippen LogP contribution in [0.3, 0.4) is 0 Å². The summed E-state index contributed by atoms with van der Waals surface area (Å²) in [5.41, 5.74) is 1.03. The molecule has 106 valence electrons. The molecule has 0 saturated carbocycles. The van der Waals surface area contributed by atoms with Crippen LogP contribution in [0.2, 0.25) is 0 Å². The Hall–Kier alpha value is -1.39. The normalized spacial score (nSPS) is 14.2. The van der Waals surface area contributed by atoms with Gasteiger partial charge in [-0.15, -0.1) is 0 Å². The van der Waals surface area contributed by atoms with Crippen LogP contribution in [-0.2, 0) is 14.3 Å². The Labute approximate surface area is 115 Å². The molecule has 0 aromatic heterocycles. The first-order chi connectivity index (χ1) is 9.13. The predicted octanol–water partition coefficient (Wildman–Crippen LogP) is 2.30. The molecule has 1 aromatic rings. The summed E-state index contributed by atoms with van der Waals surface area (Å²) in [5, 5.41) is 2.94. The molecule has 2 atom stereocenters. The van der Waals surface area contributed by atoms with Gasteiger partial charge in [-0.05, 0) is 18.9 Å². The molecule has 0 spiro atoms. The van der Waals surface area contributed by atoms with Gasteiger partial charge in [0.05, 0.1) is 12.0 Å². The van der Waals surface area contributed by atoms with Gasteiger partial charge in [0.25, 0.3) is 0 Å². The number of amides is 1. The summed E-state index contributed by atoms with van der Waals surface area (Å²) in [6, 6.07) is 9.59. The Morgan fingerprint density at radius 1 is 1.21 bits per heavy atom. The van der Waals surface area contributed by atoms with E-state index in [0.29, 0.717) is 0 Å². The number of carbonyl (C=O) groups is 1. The maximum Gasteiger partial charge on any atom is 0.227 e. The number of benzene rings is 1. The number of nitrogens with one attached hydrogen (secondary N) is 1. The molecule has 0 heterocycles. The summed E-state index contributed by atoms with van der Waals surface area (Å²) >= 11 is 0. The molecule has 0 aliphatic carbocycles. The highest BCUT2D eigenvalue weighted by molar-refractivity contribution is 5.83. The third-order valence-corrected chi connectivity index (χ3v) is 3.17. The lowest BCUT2D eigenvalue weighted by Crippen LogP contribution is -2.44. The van der Waals surface area contributed by atoms with Crippen molar-refractivity contribution in [3.05, 3.63) is 35.9 Å². The molecule has 1 aromatic carbocycles. The fourth-order valence-electron chi connectivity index (χ4n) is 2.16. The zero-order valence-corrected chi connectivity index (χ0v) is 12.1. The quantitative estimate of drug-likeness (QED) is 0.770. The van der Waals surface area contributed by atoms with Gasteiger partial charge in [-0.1, -0.05) is 37.3 Å². The van der Waals surface area contributed by atoms with Crippen molar-refractivity contribution in [2.24, 2.45) is 0 Å². The van der Waals surface area contributed by atoms with E-state index in [0.717, 1.165) is 12.0 Å². The van der Waals surface area contributed by atoms with E-state index < -0.39 is 6.29 Å². The van der Waals surface area contributed by atoms with Gasteiger partial charge in [0, 0.05) is 14.2 Å². The van der Waals surface area contributed by atoms with Crippen molar-refractivity contribution >= 4 is 5.91 Å². The molecule has 0 fully saturated rings. The average molecular weight is 265 g/mol. The standard InChI is InChI=1S/C15H23NO3/c1-5-13(12-9-7-6-8-10-12)14(17)16-11(2)15(18-3)19-4/h6-11,13,15H,5H2,1-4H3,(H,16,17). The van der Waals surface area contributed by atoms with Crippen LogP contribution in [0.4, 0.5) is 0 Å². The predicted molar refractivity (Wildman–Crippen MR) is 74.9 cm³/mol. The van der Waals surface area contributed by atoms with Gasteiger partial charge in [0.15, 0.2) is 6.29 Å². The number of hydrogen-bond donors (Lipinski definition) is 1. The summed E-state index contributed by atoms with van der Waals surface area (Å²) in [5.74, 6) is -0.140. The van der Waals surface area contributed by atoms with Crippen LogP contribution in [0.1, 0.15) is 31.7 Å². The molecule has 4 nitrogen and oxygen atoms in total. The van der Waals surface area contributed by atoms with E-state index in [1.807, 2.05) is 44.2 Å². The van der Waals surface area contributed by atoms with Crippen molar-refractivity contribution in [3.8, 4) is 0 Å². The van der Waals surface area contributed by atoms with Crippen LogP contribution in [0, 0.1) is 0 Å². The smallest absolute Gasteiger partial charge is 0.227 e. The van der Waals surface area contributed by atoms with Crippen LogP contribution in [0.5, 0.6) is 0 Å². The van der Waals surface area contributed by atoms with E-state index >= 15 is 0 Å². The lowest BCUT2D eigenvalue weighted by Gasteiger charge is -2.24. The highest BCUT2D eigenvalue weighted by atomic mass is 16.7. The summed E-state index contributed by atoms with van der Waals surface area (Å²) < 4.78 is 10.3. The Balaban J connectivity index is 2.70. The zero-order chi connectivity index (χ0) is 14.3. The maximum atomic E-state index is 12.3. The van der Waals surface area contributed by atoms with Crippen LogP contribution < -0.4 is 5.32 Å². The first-order valence-corrected chi connectivity index (χ1v) is 6.54. The van der Waals surface area contributed by atoms with Crippen LogP contribution in [0.25, 0.3) is 0 Å². The first-order valence-electron chi connectivity index (χ1n) is 6.54. The molecule has 1 N–H and O–H groups in total. The largest absolute Gasteiger partial charge is 0.354 e. The van der Waals surface area contributed by atoms with Gasteiger partial charge in [-0.3, -0.25) is 4.79 Å². The van der Waals surface area contributed by atoms with Crippen LogP contribution >= 0.6 is 0 Å². The molecule has 0 radical (unpaired) electrons. The van der Waals surface area contributed by atoms with E-state index in [1.165, 1.54) is 0 Å². The second-order valence-electron chi connectivity index (χ2n) is 4.51. The Morgan fingerprint density at radius 2 is 1.79 bits per heavy atom. The Bertz CT molecular complexity index is 376. The molecule has 0 aliphatic heterocycles. The first kappa shape index (κ1) is 15.7.